The Hall–Kier alpha value is -2.16. The van der Waals surface area contributed by atoms with Crippen molar-refractivity contribution in [2.75, 3.05) is 0 Å². The normalized spacial score (nSPS) is 14.5. The van der Waals surface area contributed by atoms with Gasteiger partial charge in [-0.05, 0) is 37.1 Å². The summed E-state index contributed by atoms with van der Waals surface area (Å²) in [5, 5.41) is 11.8. The molecule has 0 spiro atoms. The lowest BCUT2D eigenvalue weighted by Crippen LogP contribution is -2.00. The van der Waals surface area contributed by atoms with Crippen LogP contribution in [0.5, 0.6) is 0 Å². The molecule has 4 rings (SSSR count). The number of aromatic nitrogens is 3. The minimum atomic E-state index is 1.07. The first kappa shape index (κ1) is 10.7. The Morgan fingerprint density at radius 1 is 0.789 bits per heavy atom. The third-order valence-electron chi connectivity index (χ3n) is 3.82. The maximum Gasteiger partial charge on any atom is 0.0935 e. The van der Waals surface area contributed by atoms with E-state index in [9.17, 15) is 0 Å². The van der Waals surface area contributed by atoms with Crippen LogP contribution in [0.2, 0.25) is 0 Å². The molecule has 19 heavy (non-hydrogen) atoms. The number of hydrogen-bond acceptors (Lipinski definition) is 2. The summed E-state index contributed by atoms with van der Waals surface area (Å²) in [5.41, 5.74) is 3.44. The molecular formula is C16H15N3. The van der Waals surface area contributed by atoms with E-state index >= 15 is 0 Å². The van der Waals surface area contributed by atoms with E-state index in [1.54, 1.807) is 0 Å². The molecule has 1 aromatic heterocycles. The molecule has 2 aromatic carbocycles. The highest BCUT2D eigenvalue weighted by atomic mass is 15.5. The van der Waals surface area contributed by atoms with Crippen molar-refractivity contribution in [2.24, 2.45) is 0 Å². The molecule has 0 N–H and O–H groups in total. The van der Waals surface area contributed by atoms with Crippen molar-refractivity contribution in [1.82, 2.24) is 15.0 Å². The SMILES string of the molecule is c1ccc2c(-n3nc4c(n3)CCCC4)cccc2c1. The van der Waals surface area contributed by atoms with Crippen molar-refractivity contribution in [3.8, 4) is 5.69 Å². The van der Waals surface area contributed by atoms with Gasteiger partial charge in [0.1, 0.15) is 0 Å². The molecule has 0 bridgehead atoms. The van der Waals surface area contributed by atoms with E-state index in [0.29, 0.717) is 0 Å². The highest BCUT2D eigenvalue weighted by Crippen LogP contribution is 2.23. The molecule has 1 aliphatic carbocycles. The van der Waals surface area contributed by atoms with E-state index in [-0.39, 0.29) is 0 Å². The first-order valence-electron chi connectivity index (χ1n) is 6.85. The van der Waals surface area contributed by atoms with E-state index in [0.717, 1.165) is 18.5 Å². The average Bonchev–Trinajstić information content (AvgIpc) is 2.90. The first-order chi connectivity index (χ1) is 9.42. The van der Waals surface area contributed by atoms with E-state index < -0.39 is 0 Å². The monoisotopic (exact) mass is 249 g/mol. The molecule has 0 saturated carbocycles. The minimum absolute atomic E-state index is 1.07. The molecule has 0 unspecified atom stereocenters. The lowest BCUT2D eigenvalue weighted by molar-refractivity contribution is 0.667. The van der Waals surface area contributed by atoms with Gasteiger partial charge in [0.15, 0.2) is 0 Å². The number of nitrogens with zero attached hydrogens (tertiary/aromatic N) is 3. The average molecular weight is 249 g/mol. The van der Waals surface area contributed by atoms with Crippen LogP contribution in [0.1, 0.15) is 24.2 Å². The Balaban J connectivity index is 1.92. The predicted molar refractivity (Wildman–Crippen MR) is 75.5 cm³/mol. The molecule has 3 heteroatoms. The zero-order valence-electron chi connectivity index (χ0n) is 10.7. The summed E-state index contributed by atoms with van der Waals surface area (Å²) >= 11 is 0. The maximum absolute atomic E-state index is 4.68. The van der Waals surface area contributed by atoms with Gasteiger partial charge in [-0.1, -0.05) is 36.4 Å². The number of rotatable bonds is 1. The van der Waals surface area contributed by atoms with Gasteiger partial charge in [0, 0.05) is 5.39 Å². The molecule has 0 saturated heterocycles. The molecule has 1 aliphatic rings. The maximum atomic E-state index is 4.68. The fraction of sp³-hybridized carbons (Fsp3) is 0.250. The van der Waals surface area contributed by atoms with Crippen LogP contribution < -0.4 is 0 Å². The first-order valence-corrected chi connectivity index (χ1v) is 6.85. The number of hydrogen-bond donors (Lipinski definition) is 0. The van der Waals surface area contributed by atoms with Gasteiger partial charge in [-0.3, -0.25) is 0 Å². The van der Waals surface area contributed by atoms with Crippen molar-refractivity contribution in [2.45, 2.75) is 25.7 Å². The molecule has 0 fully saturated rings. The summed E-state index contributed by atoms with van der Waals surface area (Å²) in [4.78, 5) is 1.82. The number of aryl methyl sites for hydroxylation is 2. The topological polar surface area (TPSA) is 30.7 Å². The molecule has 3 nitrogen and oxygen atoms in total. The van der Waals surface area contributed by atoms with Crippen LogP contribution in [0.15, 0.2) is 42.5 Å². The van der Waals surface area contributed by atoms with Gasteiger partial charge in [-0.2, -0.15) is 15.0 Å². The summed E-state index contributed by atoms with van der Waals surface area (Å²) in [6.07, 6.45) is 4.61. The van der Waals surface area contributed by atoms with Crippen LogP contribution in [-0.4, -0.2) is 15.0 Å². The number of benzene rings is 2. The van der Waals surface area contributed by atoms with Gasteiger partial charge in [-0.15, -0.1) is 0 Å². The quantitative estimate of drug-likeness (QED) is 0.662. The smallest absolute Gasteiger partial charge is 0.0935 e. The third kappa shape index (κ3) is 1.73. The van der Waals surface area contributed by atoms with Gasteiger partial charge >= 0.3 is 0 Å². The molecule has 0 amide bonds. The predicted octanol–water partition coefficient (Wildman–Crippen LogP) is 3.30. The van der Waals surface area contributed by atoms with Crippen LogP contribution in [0.25, 0.3) is 16.5 Å². The van der Waals surface area contributed by atoms with E-state index in [1.165, 1.54) is 35.0 Å². The van der Waals surface area contributed by atoms with Gasteiger partial charge in [0.25, 0.3) is 0 Å². The fourth-order valence-electron chi connectivity index (χ4n) is 2.83. The van der Waals surface area contributed by atoms with Crippen LogP contribution in [0.3, 0.4) is 0 Å². The molecule has 94 valence electrons. The standard InChI is InChI=1S/C16H15N3/c1-2-8-13-12(6-1)7-5-11-16(13)19-17-14-9-3-4-10-15(14)18-19/h1-2,5-8,11H,3-4,9-10H2. The molecule has 3 aromatic rings. The Bertz CT molecular complexity index is 714. The highest BCUT2D eigenvalue weighted by Gasteiger charge is 2.16. The Morgan fingerprint density at radius 3 is 2.26 bits per heavy atom. The van der Waals surface area contributed by atoms with Crippen molar-refractivity contribution in [1.29, 1.82) is 0 Å². The molecule has 0 radical (unpaired) electrons. The largest absolute Gasteiger partial charge is 0.153 e. The van der Waals surface area contributed by atoms with Crippen molar-refractivity contribution in [3.05, 3.63) is 53.9 Å². The minimum Gasteiger partial charge on any atom is -0.153 e. The second-order valence-corrected chi connectivity index (χ2v) is 5.09. The molecule has 0 atom stereocenters. The molecular weight excluding hydrogens is 234 g/mol. The van der Waals surface area contributed by atoms with Gasteiger partial charge in [-0.25, -0.2) is 0 Å². The van der Waals surface area contributed by atoms with E-state index in [4.69, 9.17) is 0 Å². The third-order valence-corrected chi connectivity index (χ3v) is 3.82. The Kier molecular flexibility index (Phi) is 2.37. The fourth-order valence-corrected chi connectivity index (χ4v) is 2.83. The highest BCUT2D eigenvalue weighted by molar-refractivity contribution is 5.89. The van der Waals surface area contributed by atoms with Gasteiger partial charge in [0.05, 0.1) is 17.1 Å². The summed E-state index contributed by atoms with van der Waals surface area (Å²) < 4.78 is 0. The van der Waals surface area contributed by atoms with Gasteiger partial charge < -0.3 is 0 Å². The van der Waals surface area contributed by atoms with Crippen molar-refractivity contribution >= 4 is 10.8 Å². The van der Waals surface area contributed by atoms with Crippen LogP contribution in [0.4, 0.5) is 0 Å². The van der Waals surface area contributed by atoms with Gasteiger partial charge in [0.2, 0.25) is 0 Å². The Morgan fingerprint density at radius 2 is 1.47 bits per heavy atom. The Labute approximate surface area is 111 Å². The lowest BCUT2D eigenvalue weighted by atomic mass is 10.0. The van der Waals surface area contributed by atoms with Crippen LogP contribution in [-0.2, 0) is 12.8 Å². The van der Waals surface area contributed by atoms with E-state index in [2.05, 4.69) is 52.7 Å². The summed E-state index contributed by atoms with van der Waals surface area (Å²) in [6.45, 7) is 0. The van der Waals surface area contributed by atoms with Crippen LogP contribution >= 0.6 is 0 Å². The summed E-state index contributed by atoms with van der Waals surface area (Å²) in [6, 6.07) is 14.7. The molecule has 0 aliphatic heterocycles. The van der Waals surface area contributed by atoms with Crippen molar-refractivity contribution < 1.29 is 0 Å². The zero-order valence-corrected chi connectivity index (χ0v) is 10.7. The number of fused-ring (bicyclic) bond motifs is 2. The van der Waals surface area contributed by atoms with Crippen molar-refractivity contribution in [3.63, 3.8) is 0 Å². The second-order valence-electron chi connectivity index (χ2n) is 5.09. The zero-order chi connectivity index (χ0) is 12.7. The summed E-state index contributed by atoms with van der Waals surface area (Å²) in [5.74, 6) is 0. The lowest BCUT2D eigenvalue weighted by Gasteiger charge is -2.04. The van der Waals surface area contributed by atoms with Crippen LogP contribution in [0, 0.1) is 0 Å². The molecule has 1 heterocycles. The van der Waals surface area contributed by atoms with E-state index in [1.807, 2.05) is 4.80 Å². The summed E-state index contributed by atoms with van der Waals surface area (Å²) in [7, 11) is 0. The second kappa shape index (κ2) is 4.19.